The molecule has 1 aromatic heterocycles. The first-order valence-electron chi connectivity index (χ1n) is 11.9. The van der Waals surface area contributed by atoms with Crippen LogP contribution in [0.25, 0.3) is 17.0 Å². The Morgan fingerprint density at radius 2 is 1.76 bits per heavy atom. The summed E-state index contributed by atoms with van der Waals surface area (Å²) in [4.78, 5) is 38.6. The van der Waals surface area contributed by atoms with Crippen LogP contribution in [0.3, 0.4) is 0 Å². The maximum Gasteiger partial charge on any atom is 0.419 e. The van der Waals surface area contributed by atoms with Crippen molar-refractivity contribution in [2.75, 3.05) is 11.9 Å². The van der Waals surface area contributed by atoms with E-state index in [4.69, 9.17) is 9.47 Å². The lowest BCUT2D eigenvalue weighted by Gasteiger charge is -2.26. The molecule has 37 heavy (non-hydrogen) atoms. The first-order chi connectivity index (χ1) is 17.5. The molecule has 2 aromatic carbocycles. The number of amides is 2. The average molecular weight is 570 g/mol. The second-order valence-electron chi connectivity index (χ2n) is 9.59. The SMILES string of the molecule is CC(C)N(NC(=O)c1ccc(OCCBr)cc1)C(=O)C=Cc1cn(C(=O)OC(C)(C)C)c2ccccc12. The highest BCUT2D eigenvalue weighted by Gasteiger charge is 2.21. The number of hydrazine groups is 1. The fourth-order valence-electron chi connectivity index (χ4n) is 3.51. The molecule has 1 heterocycles. The van der Waals surface area contributed by atoms with Crippen LogP contribution in [0.2, 0.25) is 0 Å². The molecule has 0 saturated heterocycles. The minimum atomic E-state index is -0.647. The molecule has 0 unspecified atom stereocenters. The van der Waals surface area contributed by atoms with E-state index < -0.39 is 23.5 Å². The predicted octanol–water partition coefficient (Wildman–Crippen LogP) is 5.79. The van der Waals surface area contributed by atoms with E-state index in [0.717, 1.165) is 5.39 Å². The molecule has 196 valence electrons. The van der Waals surface area contributed by atoms with Gasteiger partial charge in [0, 0.05) is 40.2 Å². The number of alkyl halides is 1. The van der Waals surface area contributed by atoms with Crippen LogP contribution in [-0.4, -0.2) is 51.1 Å². The third-order valence-electron chi connectivity index (χ3n) is 5.18. The summed E-state index contributed by atoms with van der Waals surface area (Å²) in [6.45, 7) is 9.53. The summed E-state index contributed by atoms with van der Waals surface area (Å²) in [6, 6.07) is 13.8. The average Bonchev–Trinajstić information content (AvgIpc) is 3.22. The van der Waals surface area contributed by atoms with Gasteiger partial charge in [0.15, 0.2) is 0 Å². The largest absolute Gasteiger partial charge is 0.493 e. The molecule has 3 rings (SSSR count). The summed E-state index contributed by atoms with van der Waals surface area (Å²) < 4.78 is 12.5. The first-order valence-corrected chi connectivity index (χ1v) is 13.1. The maximum atomic E-state index is 13.1. The second kappa shape index (κ2) is 12.1. The molecule has 0 saturated carbocycles. The topological polar surface area (TPSA) is 89.9 Å². The molecule has 1 N–H and O–H groups in total. The standard InChI is InChI=1S/C28H32BrN3O5/c1-19(2)32(30-26(34)20-10-13-22(14-11-20)36-17-16-29)25(33)15-12-21-18-31(27(35)37-28(3,4)5)24-9-7-6-8-23(21)24/h6-15,18-19H,16-17H2,1-5H3,(H,30,34). The van der Waals surface area contributed by atoms with Gasteiger partial charge in [0.05, 0.1) is 12.1 Å². The van der Waals surface area contributed by atoms with Gasteiger partial charge in [-0.25, -0.2) is 9.80 Å². The number of nitrogens with zero attached hydrogens (tertiary/aromatic N) is 2. The lowest BCUT2D eigenvalue weighted by molar-refractivity contribution is -0.130. The molecular formula is C28H32BrN3O5. The van der Waals surface area contributed by atoms with Crippen molar-refractivity contribution >= 4 is 50.8 Å². The molecule has 9 heteroatoms. The zero-order valence-corrected chi connectivity index (χ0v) is 23.2. The van der Waals surface area contributed by atoms with Gasteiger partial charge in [0.25, 0.3) is 11.8 Å². The van der Waals surface area contributed by atoms with Crippen LogP contribution in [0.4, 0.5) is 4.79 Å². The molecule has 2 amide bonds. The number of hydrogen-bond donors (Lipinski definition) is 1. The molecule has 0 radical (unpaired) electrons. The first kappa shape index (κ1) is 28.0. The Balaban J connectivity index is 1.78. The number of hydrogen-bond acceptors (Lipinski definition) is 5. The van der Waals surface area contributed by atoms with Crippen molar-refractivity contribution in [2.45, 2.75) is 46.3 Å². The maximum absolute atomic E-state index is 13.1. The van der Waals surface area contributed by atoms with E-state index in [2.05, 4.69) is 21.4 Å². The Morgan fingerprint density at radius 1 is 1.08 bits per heavy atom. The van der Waals surface area contributed by atoms with Crippen LogP contribution < -0.4 is 10.2 Å². The van der Waals surface area contributed by atoms with Crippen LogP contribution in [0.1, 0.15) is 50.5 Å². The summed E-state index contributed by atoms with van der Waals surface area (Å²) in [5, 5.41) is 2.76. The number of aromatic nitrogens is 1. The van der Waals surface area contributed by atoms with E-state index in [1.807, 2.05) is 24.3 Å². The van der Waals surface area contributed by atoms with Gasteiger partial charge in [0.2, 0.25) is 0 Å². The zero-order chi connectivity index (χ0) is 27.2. The number of carbonyl (C=O) groups excluding carboxylic acids is 3. The summed E-state index contributed by atoms with van der Waals surface area (Å²) in [5.74, 6) is -0.167. The zero-order valence-electron chi connectivity index (χ0n) is 21.7. The van der Waals surface area contributed by atoms with Crippen LogP contribution in [0.5, 0.6) is 5.75 Å². The number of ether oxygens (including phenoxy) is 2. The predicted molar refractivity (Wildman–Crippen MR) is 148 cm³/mol. The Labute approximate surface area is 225 Å². The van der Waals surface area contributed by atoms with Gasteiger partial charge >= 0.3 is 6.09 Å². The monoisotopic (exact) mass is 569 g/mol. The smallest absolute Gasteiger partial charge is 0.419 e. The summed E-state index contributed by atoms with van der Waals surface area (Å²) >= 11 is 3.30. The fourth-order valence-corrected chi connectivity index (χ4v) is 3.68. The number of nitrogens with one attached hydrogen (secondary N) is 1. The van der Waals surface area contributed by atoms with Gasteiger partial charge in [-0.15, -0.1) is 0 Å². The molecular weight excluding hydrogens is 538 g/mol. The Hall–Kier alpha value is -3.59. The number of para-hydroxylation sites is 1. The number of carbonyl (C=O) groups is 3. The molecule has 0 aliphatic rings. The van der Waals surface area contributed by atoms with E-state index in [1.54, 1.807) is 71.2 Å². The summed E-state index contributed by atoms with van der Waals surface area (Å²) in [5.41, 5.74) is 3.77. The van der Waals surface area contributed by atoms with Crippen LogP contribution in [0, 0.1) is 0 Å². The highest BCUT2D eigenvalue weighted by Crippen LogP contribution is 2.24. The number of fused-ring (bicyclic) bond motifs is 1. The van der Waals surface area contributed by atoms with Crippen molar-refractivity contribution in [3.05, 3.63) is 71.9 Å². The van der Waals surface area contributed by atoms with E-state index in [0.29, 0.717) is 34.3 Å². The van der Waals surface area contributed by atoms with Crippen molar-refractivity contribution < 1.29 is 23.9 Å². The molecule has 0 atom stereocenters. The van der Waals surface area contributed by atoms with Crippen molar-refractivity contribution in [1.82, 2.24) is 15.0 Å². The molecule has 0 spiro atoms. The lowest BCUT2D eigenvalue weighted by Crippen LogP contribution is -2.49. The van der Waals surface area contributed by atoms with Gasteiger partial charge in [-0.3, -0.25) is 19.6 Å². The normalized spacial score (nSPS) is 11.6. The molecule has 0 bridgehead atoms. The Bertz CT molecular complexity index is 1290. The van der Waals surface area contributed by atoms with E-state index in [-0.39, 0.29) is 6.04 Å². The van der Waals surface area contributed by atoms with Gasteiger partial charge in [-0.1, -0.05) is 34.1 Å². The molecule has 3 aromatic rings. The van der Waals surface area contributed by atoms with Gasteiger partial charge in [-0.05, 0) is 71.0 Å². The minimum Gasteiger partial charge on any atom is -0.493 e. The minimum absolute atomic E-state index is 0.300. The second-order valence-corrected chi connectivity index (χ2v) is 10.4. The van der Waals surface area contributed by atoms with E-state index >= 15 is 0 Å². The highest BCUT2D eigenvalue weighted by molar-refractivity contribution is 9.09. The fraction of sp³-hybridized carbons (Fsp3) is 0.321. The van der Waals surface area contributed by atoms with Crippen LogP contribution in [-0.2, 0) is 9.53 Å². The van der Waals surface area contributed by atoms with Crippen LogP contribution >= 0.6 is 15.9 Å². The lowest BCUT2D eigenvalue weighted by atomic mass is 10.1. The molecule has 8 nitrogen and oxygen atoms in total. The third kappa shape index (κ3) is 7.45. The van der Waals surface area contributed by atoms with E-state index in [1.165, 1.54) is 15.7 Å². The van der Waals surface area contributed by atoms with Crippen LogP contribution in [0.15, 0.2) is 60.8 Å². The van der Waals surface area contributed by atoms with Gasteiger partial charge in [0.1, 0.15) is 11.4 Å². The van der Waals surface area contributed by atoms with Crippen molar-refractivity contribution in [2.24, 2.45) is 0 Å². The van der Waals surface area contributed by atoms with Gasteiger partial charge in [-0.2, -0.15) is 0 Å². The number of benzene rings is 2. The molecule has 0 aliphatic carbocycles. The van der Waals surface area contributed by atoms with Crippen molar-refractivity contribution in [3.63, 3.8) is 0 Å². The summed E-state index contributed by atoms with van der Waals surface area (Å²) in [7, 11) is 0. The van der Waals surface area contributed by atoms with Crippen molar-refractivity contribution in [1.29, 1.82) is 0 Å². The molecule has 0 fully saturated rings. The highest BCUT2D eigenvalue weighted by atomic mass is 79.9. The van der Waals surface area contributed by atoms with Gasteiger partial charge < -0.3 is 9.47 Å². The van der Waals surface area contributed by atoms with Crippen molar-refractivity contribution in [3.8, 4) is 5.75 Å². The molecule has 0 aliphatic heterocycles. The van der Waals surface area contributed by atoms with E-state index in [9.17, 15) is 14.4 Å². The summed E-state index contributed by atoms with van der Waals surface area (Å²) in [6.07, 6.45) is 4.14. The third-order valence-corrected chi connectivity index (χ3v) is 5.50. The Morgan fingerprint density at radius 3 is 2.38 bits per heavy atom. The Kier molecular flexibility index (Phi) is 9.15. The number of rotatable bonds is 7. The quantitative estimate of drug-likeness (QED) is 0.221. The number of halogens is 1.